The van der Waals surface area contributed by atoms with Crippen molar-refractivity contribution in [2.45, 2.75) is 32.4 Å². The molecule has 3 aromatic rings. The van der Waals surface area contributed by atoms with E-state index in [4.69, 9.17) is 0 Å². The average Bonchev–Trinajstić information content (AvgIpc) is 3.12. The minimum absolute atomic E-state index is 0.0775. The summed E-state index contributed by atoms with van der Waals surface area (Å²) in [6, 6.07) is 19.6. The Bertz CT molecular complexity index is 1140. The highest BCUT2D eigenvalue weighted by Crippen LogP contribution is 2.26. The van der Waals surface area contributed by atoms with Crippen molar-refractivity contribution >= 4 is 16.8 Å². The lowest BCUT2D eigenvalue weighted by Crippen LogP contribution is -2.39. The summed E-state index contributed by atoms with van der Waals surface area (Å²) in [5.41, 5.74) is 3.14. The Morgan fingerprint density at radius 2 is 1.61 bits per heavy atom. The highest BCUT2D eigenvalue weighted by Gasteiger charge is 2.29. The number of hydrogen-bond acceptors (Lipinski definition) is 3. The Morgan fingerprint density at radius 1 is 0.839 bits per heavy atom. The predicted molar refractivity (Wildman–Crippen MR) is 123 cm³/mol. The number of aromatic nitrogens is 1. The third kappa shape index (κ3) is 4.15. The van der Waals surface area contributed by atoms with Crippen LogP contribution in [0.15, 0.2) is 65.5 Å². The number of fused-ring (bicyclic) bond motifs is 2. The Labute approximate surface area is 182 Å². The van der Waals surface area contributed by atoms with E-state index in [0.717, 1.165) is 80.6 Å². The van der Waals surface area contributed by atoms with E-state index in [-0.39, 0.29) is 11.5 Å². The van der Waals surface area contributed by atoms with Gasteiger partial charge in [-0.25, -0.2) is 0 Å². The van der Waals surface area contributed by atoms with Gasteiger partial charge >= 0.3 is 0 Å². The van der Waals surface area contributed by atoms with E-state index in [1.54, 1.807) is 6.07 Å². The molecule has 0 saturated carbocycles. The van der Waals surface area contributed by atoms with Gasteiger partial charge in [0.2, 0.25) is 0 Å². The average molecular weight is 416 g/mol. The maximum absolute atomic E-state index is 12.6. The van der Waals surface area contributed by atoms with Gasteiger partial charge in [-0.3, -0.25) is 9.59 Å². The molecule has 3 heterocycles. The smallest absolute Gasteiger partial charge is 0.254 e. The van der Waals surface area contributed by atoms with Crippen LogP contribution < -0.4 is 5.56 Å². The van der Waals surface area contributed by atoms with Crippen molar-refractivity contribution in [2.75, 3.05) is 26.2 Å². The molecule has 160 valence electrons. The molecule has 31 heavy (non-hydrogen) atoms. The molecule has 0 unspecified atom stereocenters. The quantitative estimate of drug-likeness (QED) is 0.616. The number of pyridine rings is 1. The van der Waals surface area contributed by atoms with Crippen molar-refractivity contribution in [3.8, 4) is 0 Å². The van der Waals surface area contributed by atoms with Crippen molar-refractivity contribution in [1.82, 2.24) is 14.4 Å². The third-order valence-electron chi connectivity index (χ3n) is 6.84. The van der Waals surface area contributed by atoms with Crippen LogP contribution in [0.3, 0.4) is 0 Å². The zero-order valence-corrected chi connectivity index (χ0v) is 17.9. The SMILES string of the molecule is O=C1c2ccccc2CN1CC1CCN(CCCn2c(=O)ccc3ccccc32)CC1. The molecule has 1 aromatic heterocycles. The first-order valence-electron chi connectivity index (χ1n) is 11.4. The number of benzene rings is 2. The second-order valence-corrected chi connectivity index (χ2v) is 8.86. The molecule has 2 aliphatic rings. The zero-order valence-electron chi connectivity index (χ0n) is 17.9. The minimum atomic E-state index is 0.0775. The number of carbonyl (C=O) groups excluding carboxylic acids is 1. The third-order valence-corrected chi connectivity index (χ3v) is 6.84. The van der Waals surface area contributed by atoms with Crippen LogP contribution in [0.1, 0.15) is 35.2 Å². The standard InChI is InChI=1S/C26H29N3O2/c30-25-11-10-21-6-2-4-9-24(21)29(25)15-5-14-27-16-12-20(13-17-27)18-28-19-22-7-1-3-8-23(22)26(28)31/h1-4,6-11,20H,5,12-19H2. The highest BCUT2D eigenvalue weighted by atomic mass is 16.2. The summed E-state index contributed by atoms with van der Waals surface area (Å²) >= 11 is 0. The monoisotopic (exact) mass is 415 g/mol. The number of hydrogen-bond donors (Lipinski definition) is 0. The number of rotatable bonds is 6. The van der Waals surface area contributed by atoms with E-state index in [1.807, 2.05) is 51.9 Å². The zero-order chi connectivity index (χ0) is 21.2. The van der Waals surface area contributed by atoms with Crippen LogP contribution in [0.5, 0.6) is 0 Å². The van der Waals surface area contributed by atoms with Gasteiger partial charge in [0.05, 0.1) is 5.52 Å². The van der Waals surface area contributed by atoms with Gasteiger partial charge in [-0.15, -0.1) is 0 Å². The molecule has 2 aromatic carbocycles. The lowest BCUT2D eigenvalue weighted by atomic mass is 9.96. The summed E-state index contributed by atoms with van der Waals surface area (Å²) in [7, 11) is 0. The van der Waals surface area contributed by atoms with Crippen LogP contribution in [0.25, 0.3) is 10.9 Å². The van der Waals surface area contributed by atoms with Crippen molar-refractivity contribution < 1.29 is 4.79 Å². The van der Waals surface area contributed by atoms with Gasteiger partial charge in [0.15, 0.2) is 0 Å². The number of piperidine rings is 1. The Kier molecular flexibility index (Phi) is 5.60. The van der Waals surface area contributed by atoms with Crippen molar-refractivity contribution in [2.24, 2.45) is 5.92 Å². The summed E-state index contributed by atoms with van der Waals surface area (Å²) in [6.07, 6.45) is 3.24. The van der Waals surface area contributed by atoms with Gasteiger partial charge in [0.1, 0.15) is 0 Å². The Morgan fingerprint density at radius 3 is 2.45 bits per heavy atom. The van der Waals surface area contributed by atoms with Gasteiger partial charge in [-0.2, -0.15) is 0 Å². The summed E-state index contributed by atoms with van der Waals surface area (Å²) in [4.78, 5) is 29.5. The van der Waals surface area contributed by atoms with Crippen molar-refractivity contribution in [3.05, 3.63) is 82.1 Å². The lowest BCUT2D eigenvalue weighted by molar-refractivity contribution is 0.0713. The first-order chi connectivity index (χ1) is 15.2. The fourth-order valence-electron chi connectivity index (χ4n) is 5.09. The first kappa shape index (κ1) is 20.0. The van der Waals surface area contributed by atoms with E-state index < -0.39 is 0 Å². The highest BCUT2D eigenvalue weighted by molar-refractivity contribution is 5.98. The summed E-state index contributed by atoms with van der Waals surface area (Å²) in [5, 5.41) is 1.11. The van der Waals surface area contributed by atoms with Gasteiger partial charge in [-0.05, 0) is 74.0 Å². The number of amides is 1. The van der Waals surface area contributed by atoms with E-state index in [0.29, 0.717) is 5.92 Å². The molecule has 5 nitrogen and oxygen atoms in total. The number of carbonyl (C=O) groups is 1. The molecule has 2 aliphatic heterocycles. The molecular formula is C26H29N3O2. The molecule has 5 heteroatoms. The number of nitrogens with zero attached hydrogens (tertiary/aromatic N) is 3. The van der Waals surface area contributed by atoms with E-state index in [9.17, 15) is 9.59 Å². The van der Waals surface area contributed by atoms with Crippen LogP contribution in [-0.2, 0) is 13.1 Å². The molecule has 1 amide bonds. The molecule has 0 aliphatic carbocycles. The Balaban J connectivity index is 1.10. The molecule has 1 fully saturated rings. The molecular weight excluding hydrogens is 386 g/mol. The summed E-state index contributed by atoms with van der Waals surface area (Å²) < 4.78 is 1.90. The second-order valence-electron chi connectivity index (χ2n) is 8.86. The minimum Gasteiger partial charge on any atom is -0.334 e. The van der Waals surface area contributed by atoms with Crippen LogP contribution >= 0.6 is 0 Å². The molecule has 0 atom stereocenters. The first-order valence-corrected chi connectivity index (χ1v) is 11.4. The second kappa shape index (κ2) is 8.67. The molecule has 0 N–H and O–H groups in total. The van der Waals surface area contributed by atoms with Crippen molar-refractivity contribution in [3.63, 3.8) is 0 Å². The van der Waals surface area contributed by atoms with Crippen LogP contribution in [-0.4, -0.2) is 46.5 Å². The number of likely N-dealkylation sites (tertiary alicyclic amines) is 1. The maximum atomic E-state index is 12.6. The molecule has 0 radical (unpaired) electrons. The fraction of sp³-hybridized carbons (Fsp3) is 0.385. The molecule has 0 bridgehead atoms. The predicted octanol–water partition coefficient (Wildman–Crippen LogP) is 3.76. The van der Waals surface area contributed by atoms with E-state index >= 15 is 0 Å². The topological polar surface area (TPSA) is 45.6 Å². The van der Waals surface area contributed by atoms with E-state index in [1.165, 1.54) is 0 Å². The lowest BCUT2D eigenvalue weighted by Gasteiger charge is -2.33. The van der Waals surface area contributed by atoms with E-state index in [2.05, 4.69) is 17.0 Å². The normalized spacial score (nSPS) is 17.4. The van der Waals surface area contributed by atoms with Gasteiger partial charge < -0.3 is 14.4 Å². The summed E-state index contributed by atoms with van der Waals surface area (Å²) in [5.74, 6) is 0.772. The van der Waals surface area contributed by atoms with Crippen LogP contribution in [0.4, 0.5) is 0 Å². The van der Waals surface area contributed by atoms with Crippen LogP contribution in [0.2, 0.25) is 0 Å². The van der Waals surface area contributed by atoms with Crippen LogP contribution in [0, 0.1) is 5.92 Å². The Hall–Kier alpha value is -2.92. The summed E-state index contributed by atoms with van der Waals surface area (Å²) in [6.45, 7) is 5.53. The number of aryl methyl sites for hydroxylation is 1. The maximum Gasteiger partial charge on any atom is 0.254 e. The van der Waals surface area contributed by atoms with Crippen molar-refractivity contribution in [1.29, 1.82) is 0 Å². The molecule has 5 rings (SSSR count). The largest absolute Gasteiger partial charge is 0.334 e. The van der Waals surface area contributed by atoms with Gasteiger partial charge in [-0.1, -0.05) is 36.4 Å². The molecule has 0 spiro atoms. The van der Waals surface area contributed by atoms with Gasteiger partial charge in [0, 0.05) is 31.3 Å². The fourth-order valence-corrected chi connectivity index (χ4v) is 5.09. The molecule has 1 saturated heterocycles. The van der Waals surface area contributed by atoms with Gasteiger partial charge in [0.25, 0.3) is 11.5 Å². The number of para-hydroxylation sites is 1.